The van der Waals surface area contributed by atoms with Gasteiger partial charge in [-0.25, -0.2) is 0 Å². The van der Waals surface area contributed by atoms with Crippen LogP contribution in [0.4, 0.5) is 0 Å². The smallest absolute Gasteiger partial charge is 0.257 e. The second-order valence-corrected chi connectivity index (χ2v) is 5.97. The highest BCUT2D eigenvalue weighted by atomic mass is 35.5. The molecule has 0 aromatic heterocycles. The third-order valence-electron chi connectivity index (χ3n) is 4.12. The van der Waals surface area contributed by atoms with Crippen LogP contribution in [0.2, 0.25) is 5.02 Å². The van der Waals surface area contributed by atoms with Crippen LogP contribution in [0.15, 0.2) is 18.2 Å². The highest BCUT2D eigenvalue weighted by Gasteiger charge is 2.42. The summed E-state index contributed by atoms with van der Waals surface area (Å²) < 4.78 is 0. The summed E-state index contributed by atoms with van der Waals surface area (Å²) in [5, 5.41) is 10.2. The minimum atomic E-state index is -0.159. The number of benzene rings is 1. The van der Waals surface area contributed by atoms with Crippen LogP contribution in [0, 0.1) is 11.8 Å². The molecule has 4 nitrogen and oxygen atoms in total. The Bertz CT molecular complexity index is 516. The number of phenolic OH excluding ortho intramolecular Hbond substituents is 1. The molecule has 19 heavy (non-hydrogen) atoms. The van der Waals surface area contributed by atoms with E-state index in [4.69, 9.17) is 17.3 Å². The van der Waals surface area contributed by atoms with Gasteiger partial charge in [0.05, 0.1) is 5.56 Å². The summed E-state index contributed by atoms with van der Waals surface area (Å²) in [5.41, 5.74) is 6.41. The summed E-state index contributed by atoms with van der Waals surface area (Å²) in [5.74, 6) is 0.874. The number of nitrogens with two attached hydrogens (primary N) is 1. The molecule has 3 N–H and O–H groups in total. The lowest BCUT2D eigenvalue weighted by atomic mass is 9.99. The van der Waals surface area contributed by atoms with Gasteiger partial charge in [0.2, 0.25) is 0 Å². The number of carbonyl (C=O) groups is 1. The molecule has 2 aliphatic rings. The lowest BCUT2D eigenvalue weighted by Gasteiger charge is -2.17. The Hall–Kier alpha value is -1.26. The number of hydrogen-bond donors (Lipinski definition) is 2. The summed E-state index contributed by atoms with van der Waals surface area (Å²) in [6.45, 7) is 1.27. The zero-order chi connectivity index (χ0) is 13.6. The summed E-state index contributed by atoms with van der Waals surface area (Å²) in [4.78, 5) is 14.1. The molecule has 1 heterocycles. The van der Waals surface area contributed by atoms with Crippen LogP contribution in [0.5, 0.6) is 5.75 Å². The fraction of sp³-hybridized carbons (Fsp3) is 0.500. The molecule has 1 aliphatic carbocycles. The fourth-order valence-corrected chi connectivity index (χ4v) is 3.07. The van der Waals surface area contributed by atoms with E-state index in [9.17, 15) is 9.90 Å². The van der Waals surface area contributed by atoms with Crippen LogP contribution in [0.1, 0.15) is 23.2 Å². The van der Waals surface area contributed by atoms with E-state index in [0.717, 1.165) is 0 Å². The predicted molar refractivity (Wildman–Crippen MR) is 73.2 cm³/mol. The van der Waals surface area contributed by atoms with Gasteiger partial charge in [0, 0.05) is 24.2 Å². The van der Waals surface area contributed by atoms with E-state index in [0.29, 0.717) is 35.5 Å². The Kier molecular flexibility index (Phi) is 3.15. The molecule has 0 radical (unpaired) electrons. The van der Waals surface area contributed by atoms with E-state index in [-0.39, 0.29) is 17.7 Å². The van der Waals surface area contributed by atoms with Crippen LogP contribution < -0.4 is 5.73 Å². The number of hydrogen-bond acceptors (Lipinski definition) is 3. The Morgan fingerprint density at radius 3 is 2.74 bits per heavy atom. The van der Waals surface area contributed by atoms with Crippen molar-refractivity contribution in [3.8, 4) is 5.75 Å². The molecule has 1 aliphatic heterocycles. The molecule has 1 saturated heterocycles. The number of amides is 1. The van der Waals surface area contributed by atoms with E-state index in [2.05, 4.69) is 0 Å². The molecule has 0 unspecified atom stereocenters. The van der Waals surface area contributed by atoms with Gasteiger partial charge in [-0.05, 0) is 42.9 Å². The SMILES string of the molecule is N[C@@H]1CN(C(=O)c2ccc(Cl)cc2O)C[C@H]1C1CC1. The molecule has 1 amide bonds. The third-order valence-corrected chi connectivity index (χ3v) is 4.35. The summed E-state index contributed by atoms with van der Waals surface area (Å²) in [6, 6.07) is 4.63. The summed E-state index contributed by atoms with van der Waals surface area (Å²) >= 11 is 5.77. The molecule has 1 aromatic carbocycles. The van der Waals surface area contributed by atoms with E-state index >= 15 is 0 Å². The monoisotopic (exact) mass is 280 g/mol. The highest BCUT2D eigenvalue weighted by molar-refractivity contribution is 6.30. The average Bonchev–Trinajstić information content (AvgIpc) is 3.12. The molecule has 0 bridgehead atoms. The second-order valence-electron chi connectivity index (χ2n) is 5.54. The van der Waals surface area contributed by atoms with Crippen molar-refractivity contribution in [2.24, 2.45) is 17.6 Å². The molecule has 5 heteroatoms. The maximum Gasteiger partial charge on any atom is 0.257 e. The number of nitrogens with zero attached hydrogens (tertiary/aromatic N) is 1. The van der Waals surface area contributed by atoms with Crippen LogP contribution >= 0.6 is 11.6 Å². The van der Waals surface area contributed by atoms with Crippen LogP contribution in [0.25, 0.3) is 0 Å². The van der Waals surface area contributed by atoms with Crippen LogP contribution in [0.3, 0.4) is 0 Å². The van der Waals surface area contributed by atoms with E-state index in [1.54, 1.807) is 17.0 Å². The molecule has 1 saturated carbocycles. The fourth-order valence-electron chi connectivity index (χ4n) is 2.90. The maximum atomic E-state index is 12.4. The minimum absolute atomic E-state index is 0.0610. The molecule has 102 valence electrons. The van der Waals surface area contributed by atoms with Crippen molar-refractivity contribution < 1.29 is 9.90 Å². The second kappa shape index (κ2) is 4.69. The first-order valence-electron chi connectivity index (χ1n) is 6.59. The van der Waals surface area contributed by atoms with Gasteiger partial charge in [-0.2, -0.15) is 0 Å². The van der Waals surface area contributed by atoms with Gasteiger partial charge < -0.3 is 15.7 Å². The van der Waals surface area contributed by atoms with Crippen molar-refractivity contribution in [1.29, 1.82) is 0 Å². The third kappa shape index (κ3) is 2.42. The van der Waals surface area contributed by atoms with Crippen LogP contribution in [-0.4, -0.2) is 35.0 Å². The number of likely N-dealkylation sites (tertiary alicyclic amines) is 1. The van der Waals surface area contributed by atoms with Crippen molar-refractivity contribution in [3.05, 3.63) is 28.8 Å². The predicted octanol–water partition coefficient (Wildman–Crippen LogP) is 1.85. The van der Waals surface area contributed by atoms with E-state index < -0.39 is 0 Å². The number of rotatable bonds is 2. The Balaban J connectivity index is 1.77. The van der Waals surface area contributed by atoms with Gasteiger partial charge in [-0.3, -0.25) is 4.79 Å². The normalized spacial score (nSPS) is 26.7. The van der Waals surface area contributed by atoms with Crippen LogP contribution in [-0.2, 0) is 0 Å². The Labute approximate surface area is 117 Å². The van der Waals surface area contributed by atoms with Crippen molar-refractivity contribution in [2.75, 3.05) is 13.1 Å². The van der Waals surface area contributed by atoms with Gasteiger partial charge in [0.25, 0.3) is 5.91 Å². The minimum Gasteiger partial charge on any atom is -0.507 e. The first kappa shape index (κ1) is 12.8. The largest absolute Gasteiger partial charge is 0.507 e. The lowest BCUT2D eigenvalue weighted by molar-refractivity contribution is 0.0782. The molecule has 0 spiro atoms. The highest BCUT2D eigenvalue weighted by Crippen LogP contribution is 2.41. The molecule has 2 fully saturated rings. The zero-order valence-corrected chi connectivity index (χ0v) is 11.3. The summed E-state index contributed by atoms with van der Waals surface area (Å²) in [6.07, 6.45) is 2.46. The molecule has 2 atom stereocenters. The number of phenols is 1. The molecular weight excluding hydrogens is 264 g/mol. The maximum absolute atomic E-state index is 12.4. The summed E-state index contributed by atoms with van der Waals surface area (Å²) in [7, 11) is 0. The number of halogens is 1. The van der Waals surface area contributed by atoms with Gasteiger partial charge in [0.15, 0.2) is 0 Å². The van der Waals surface area contributed by atoms with Gasteiger partial charge >= 0.3 is 0 Å². The molecular formula is C14H17ClN2O2. The van der Waals surface area contributed by atoms with Gasteiger partial charge in [-0.15, -0.1) is 0 Å². The first-order valence-corrected chi connectivity index (χ1v) is 6.97. The topological polar surface area (TPSA) is 66.6 Å². The van der Waals surface area contributed by atoms with Crippen molar-refractivity contribution in [1.82, 2.24) is 4.90 Å². The quantitative estimate of drug-likeness (QED) is 0.869. The zero-order valence-electron chi connectivity index (χ0n) is 10.6. The Morgan fingerprint density at radius 1 is 1.37 bits per heavy atom. The van der Waals surface area contributed by atoms with Gasteiger partial charge in [0.1, 0.15) is 5.75 Å². The van der Waals surface area contributed by atoms with Crippen molar-refractivity contribution in [2.45, 2.75) is 18.9 Å². The molecule has 1 aromatic rings. The van der Waals surface area contributed by atoms with E-state index in [1.165, 1.54) is 18.9 Å². The number of aromatic hydroxyl groups is 1. The van der Waals surface area contributed by atoms with E-state index in [1.807, 2.05) is 0 Å². The first-order chi connectivity index (χ1) is 9.06. The molecule has 3 rings (SSSR count). The Morgan fingerprint density at radius 2 is 2.11 bits per heavy atom. The van der Waals surface area contributed by atoms with Gasteiger partial charge in [-0.1, -0.05) is 11.6 Å². The lowest BCUT2D eigenvalue weighted by Crippen LogP contribution is -2.32. The average molecular weight is 281 g/mol. The number of carbonyl (C=O) groups excluding carboxylic acids is 1. The standard InChI is InChI=1S/C14H17ClN2O2/c15-9-3-4-10(13(18)5-9)14(19)17-6-11(8-1-2-8)12(16)7-17/h3-5,8,11-12,18H,1-2,6-7,16H2/t11-,12+/m0/s1. The van der Waals surface area contributed by atoms with Crippen molar-refractivity contribution >= 4 is 17.5 Å². The van der Waals surface area contributed by atoms with Crippen molar-refractivity contribution in [3.63, 3.8) is 0 Å².